The maximum atomic E-state index is 5.37. The summed E-state index contributed by atoms with van der Waals surface area (Å²) in [5, 5.41) is 11.4. The van der Waals surface area contributed by atoms with Crippen molar-refractivity contribution >= 4 is 0 Å². The number of ether oxygens (including phenoxy) is 1. The van der Waals surface area contributed by atoms with Crippen molar-refractivity contribution in [2.75, 3.05) is 13.2 Å². The first-order chi connectivity index (χ1) is 7.77. The third kappa shape index (κ3) is 2.80. The van der Waals surface area contributed by atoms with E-state index in [1.165, 1.54) is 0 Å². The molecule has 1 aliphatic heterocycles. The number of aromatic nitrogens is 3. The molecule has 0 spiro atoms. The van der Waals surface area contributed by atoms with E-state index in [4.69, 9.17) is 4.74 Å². The minimum Gasteiger partial charge on any atom is -0.381 e. The summed E-state index contributed by atoms with van der Waals surface area (Å²) in [5.74, 6) is 1.71. The molecule has 1 N–H and O–H groups in total. The molecule has 1 atom stereocenters. The van der Waals surface area contributed by atoms with Crippen molar-refractivity contribution in [1.29, 1.82) is 0 Å². The molecule has 2 heterocycles. The lowest BCUT2D eigenvalue weighted by Gasteiger charge is -2.28. The minimum absolute atomic E-state index is 0.514. The van der Waals surface area contributed by atoms with Crippen molar-refractivity contribution in [1.82, 2.24) is 20.1 Å². The van der Waals surface area contributed by atoms with Crippen LogP contribution in [0.4, 0.5) is 0 Å². The third-order valence-corrected chi connectivity index (χ3v) is 3.36. The molecule has 1 aromatic rings. The lowest BCUT2D eigenvalue weighted by atomic mass is 9.93. The quantitative estimate of drug-likeness (QED) is 0.818. The Morgan fingerprint density at radius 2 is 2.31 bits per heavy atom. The molecule has 0 aromatic carbocycles. The largest absolute Gasteiger partial charge is 0.381 e. The number of nitrogens with zero attached hydrogens (tertiary/aromatic N) is 3. The van der Waals surface area contributed by atoms with Gasteiger partial charge in [0.15, 0.2) is 0 Å². The summed E-state index contributed by atoms with van der Waals surface area (Å²) in [6.07, 6.45) is 4.05. The van der Waals surface area contributed by atoms with Gasteiger partial charge in [-0.2, -0.15) is 0 Å². The van der Waals surface area contributed by atoms with Crippen LogP contribution in [0, 0.1) is 5.92 Å². The number of rotatable bonds is 4. The highest BCUT2D eigenvalue weighted by atomic mass is 16.5. The van der Waals surface area contributed by atoms with E-state index in [-0.39, 0.29) is 0 Å². The van der Waals surface area contributed by atoms with E-state index in [9.17, 15) is 0 Å². The standard InChI is InChI=1S/C11H20N4O/c1-9(10-3-5-16-6-4-10)12-7-11-14-13-8-15(11)2/h8-10,12H,3-7H2,1-2H3. The van der Waals surface area contributed by atoms with Gasteiger partial charge in [-0.1, -0.05) is 0 Å². The molecule has 1 fully saturated rings. The topological polar surface area (TPSA) is 52.0 Å². The molecule has 0 radical (unpaired) electrons. The van der Waals surface area contributed by atoms with E-state index in [0.29, 0.717) is 6.04 Å². The van der Waals surface area contributed by atoms with Crippen LogP contribution >= 0.6 is 0 Å². The molecule has 16 heavy (non-hydrogen) atoms. The summed E-state index contributed by atoms with van der Waals surface area (Å²) < 4.78 is 7.31. The Labute approximate surface area is 96.2 Å². The van der Waals surface area contributed by atoms with Crippen molar-refractivity contribution in [2.24, 2.45) is 13.0 Å². The van der Waals surface area contributed by atoms with Gasteiger partial charge in [0.2, 0.25) is 0 Å². The fourth-order valence-corrected chi connectivity index (χ4v) is 2.10. The van der Waals surface area contributed by atoms with Crippen molar-refractivity contribution in [3.05, 3.63) is 12.2 Å². The van der Waals surface area contributed by atoms with Crippen LogP contribution in [-0.4, -0.2) is 34.0 Å². The van der Waals surface area contributed by atoms with Gasteiger partial charge in [-0.15, -0.1) is 10.2 Å². The Balaban J connectivity index is 1.78. The van der Waals surface area contributed by atoms with E-state index < -0.39 is 0 Å². The van der Waals surface area contributed by atoms with Gasteiger partial charge in [-0.3, -0.25) is 0 Å². The molecule has 0 aliphatic carbocycles. The highest BCUT2D eigenvalue weighted by Crippen LogP contribution is 2.18. The second-order valence-corrected chi connectivity index (χ2v) is 4.48. The van der Waals surface area contributed by atoms with Crippen LogP contribution in [0.3, 0.4) is 0 Å². The van der Waals surface area contributed by atoms with Crippen molar-refractivity contribution in [3.8, 4) is 0 Å². The van der Waals surface area contributed by atoms with Crippen molar-refractivity contribution in [2.45, 2.75) is 32.4 Å². The first-order valence-corrected chi connectivity index (χ1v) is 5.91. The van der Waals surface area contributed by atoms with E-state index in [1.54, 1.807) is 6.33 Å². The number of hydrogen-bond donors (Lipinski definition) is 1. The molecule has 0 saturated carbocycles. The highest BCUT2D eigenvalue weighted by Gasteiger charge is 2.20. The van der Waals surface area contributed by atoms with Gasteiger partial charge in [0.25, 0.3) is 0 Å². The van der Waals surface area contributed by atoms with Gasteiger partial charge in [0, 0.05) is 26.3 Å². The van der Waals surface area contributed by atoms with E-state index >= 15 is 0 Å². The van der Waals surface area contributed by atoms with Gasteiger partial charge in [0.1, 0.15) is 12.2 Å². The Morgan fingerprint density at radius 3 is 2.94 bits per heavy atom. The summed E-state index contributed by atoms with van der Waals surface area (Å²) in [6, 6.07) is 0.514. The SMILES string of the molecule is CC(NCc1nncn1C)C1CCOCC1. The maximum absolute atomic E-state index is 5.37. The van der Waals surface area contributed by atoms with E-state index in [1.807, 2.05) is 11.6 Å². The summed E-state index contributed by atoms with van der Waals surface area (Å²) >= 11 is 0. The number of nitrogens with one attached hydrogen (secondary N) is 1. The average molecular weight is 224 g/mol. The van der Waals surface area contributed by atoms with Crippen LogP contribution in [0.25, 0.3) is 0 Å². The minimum atomic E-state index is 0.514. The molecule has 0 amide bonds. The maximum Gasteiger partial charge on any atom is 0.146 e. The second kappa shape index (κ2) is 5.41. The third-order valence-electron chi connectivity index (χ3n) is 3.36. The van der Waals surface area contributed by atoms with Gasteiger partial charge in [-0.05, 0) is 25.7 Å². The van der Waals surface area contributed by atoms with Gasteiger partial charge in [-0.25, -0.2) is 0 Å². The molecule has 1 aromatic heterocycles. The fraction of sp³-hybridized carbons (Fsp3) is 0.818. The van der Waals surface area contributed by atoms with Gasteiger partial charge >= 0.3 is 0 Å². The Bertz CT molecular complexity index is 320. The van der Waals surface area contributed by atoms with Crippen LogP contribution in [0.1, 0.15) is 25.6 Å². The number of aryl methyl sites for hydroxylation is 1. The summed E-state index contributed by atoms with van der Waals surface area (Å²) in [5.41, 5.74) is 0. The summed E-state index contributed by atoms with van der Waals surface area (Å²) in [4.78, 5) is 0. The lowest BCUT2D eigenvalue weighted by Crippen LogP contribution is -2.36. The first kappa shape index (κ1) is 11.5. The van der Waals surface area contributed by atoms with Crippen LogP contribution in [-0.2, 0) is 18.3 Å². The van der Waals surface area contributed by atoms with Crippen LogP contribution in [0.5, 0.6) is 0 Å². The Kier molecular flexibility index (Phi) is 3.90. The average Bonchev–Trinajstić information content (AvgIpc) is 2.73. The monoisotopic (exact) mass is 224 g/mol. The van der Waals surface area contributed by atoms with Gasteiger partial charge < -0.3 is 14.6 Å². The highest BCUT2D eigenvalue weighted by molar-refractivity contribution is 4.85. The molecular weight excluding hydrogens is 204 g/mol. The summed E-state index contributed by atoms with van der Waals surface area (Å²) in [6.45, 7) is 4.84. The number of hydrogen-bond acceptors (Lipinski definition) is 4. The van der Waals surface area contributed by atoms with E-state index in [2.05, 4.69) is 22.4 Å². The van der Waals surface area contributed by atoms with Crippen LogP contribution in [0.2, 0.25) is 0 Å². The molecule has 1 aliphatic rings. The van der Waals surface area contributed by atoms with E-state index in [0.717, 1.165) is 44.3 Å². The fourth-order valence-electron chi connectivity index (χ4n) is 2.10. The second-order valence-electron chi connectivity index (χ2n) is 4.48. The smallest absolute Gasteiger partial charge is 0.146 e. The zero-order valence-electron chi connectivity index (χ0n) is 10.0. The molecule has 1 unspecified atom stereocenters. The molecule has 1 saturated heterocycles. The zero-order chi connectivity index (χ0) is 11.4. The predicted molar refractivity (Wildman–Crippen MR) is 60.8 cm³/mol. The zero-order valence-corrected chi connectivity index (χ0v) is 10.0. The van der Waals surface area contributed by atoms with Gasteiger partial charge in [0.05, 0.1) is 6.54 Å². The Morgan fingerprint density at radius 1 is 1.56 bits per heavy atom. The molecule has 0 bridgehead atoms. The predicted octanol–water partition coefficient (Wildman–Crippen LogP) is 0.720. The molecular formula is C11H20N4O. The normalized spacial score (nSPS) is 19.9. The lowest BCUT2D eigenvalue weighted by molar-refractivity contribution is 0.0556. The summed E-state index contributed by atoms with van der Waals surface area (Å²) in [7, 11) is 1.97. The molecule has 5 heteroatoms. The Hall–Kier alpha value is -0.940. The molecule has 5 nitrogen and oxygen atoms in total. The molecule has 2 rings (SSSR count). The van der Waals surface area contributed by atoms with Crippen LogP contribution in [0.15, 0.2) is 6.33 Å². The van der Waals surface area contributed by atoms with Crippen molar-refractivity contribution in [3.63, 3.8) is 0 Å². The first-order valence-electron chi connectivity index (χ1n) is 5.91. The molecule has 90 valence electrons. The van der Waals surface area contributed by atoms with Crippen molar-refractivity contribution < 1.29 is 4.74 Å². The van der Waals surface area contributed by atoms with Crippen LogP contribution < -0.4 is 5.32 Å².